The minimum Gasteiger partial charge on any atom is -0.481 e. The average Bonchev–Trinajstić information content (AvgIpc) is 2.85. The van der Waals surface area contributed by atoms with E-state index in [2.05, 4.69) is 17.0 Å². The predicted molar refractivity (Wildman–Crippen MR) is 71.6 cm³/mol. The topological polar surface area (TPSA) is 68.0 Å². The zero-order valence-electron chi connectivity index (χ0n) is 11.7. The van der Waals surface area contributed by atoms with E-state index in [9.17, 15) is 9.90 Å². The molecule has 0 saturated heterocycles. The van der Waals surface area contributed by atoms with E-state index in [0.29, 0.717) is 5.92 Å². The zero-order chi connectivity index (χ0) is 13.8. The van der Waals surface area contributed by atoms with Gasteiger partial charge in [-0.1, -0.05) is 13.3 Å². The maximum absolute atomic E-state index is 11.4. The molecule has 5 nitrogen and oxygen atoms in total. The van der Waals surface area contributed by atoms with Crippen LogP contribution in [0.1, 0.15) is 45.4 Å². The summed E-state index contributed by atoms with van der Waals surface area (Å²) in [5.74, 6) is 0.923. The third-order valence-corrected chi connectivity index (χ3v) is 4.43. The summed E-state index contributed by atoms with van der Waals surface area (Å²) in [6.45, 7) is 5.01. The van der Waals surface area contributed by atoms with E-state index in [4.69, 9.17) is 0 Å². The van der Waals surface area contributed by atoms with Crippen molar-refractivity contribution in [3.8, 4) is 0 Å². The first-order valence-electron chi connectivity index (χ1n) is 7.25. The standard InChI is InChI=1S/C14H23N3O2/c1-3-10-5-6-12(14(18)19)11(7-10)8-13-15-9-16-17(13)4-2/h9-12H,3-8H2,1-2H3,(H,18,19). The van der Waals surface area contributed by atoms with E-state index in [0.717, 1.165) is 44.5 Å². The van der Waals surface area contributed by atoms with E-state index in [1.807, 2.05) is 11.6 Å². The molecule has 3 unspecified atom stereocenters. The number of aryl methyl sites for hydroxylation is 1. The Balaban J connectivity index is 2.11. The molecule has 2 rings (SSSR count). The molecule has 1 heterocycles. The summed E-state index contributed by atoms with van der Waals surface area (Å²) in [4.78, 5) is 15.7. The van der Waals surface area contributed by atoms with Crippen LogP contribution in [-0.4, -0.2) is 25.8 Å². The van der Waals surface area contributed by atoms with Gasteiger partial charge in [-0.3, -0.25) is 9.48 Å². The summed E-state index contributed by atoms with van der Waals surface area (Å²) in [5.41, 5.74) is 0. The molecule has 0 amide bonds. The van der Waals surface area contributed by atoms with Crippen molar-refractivity contribution in [2.24, 2.45) is 17.8 Å². The number of hydrogen-bond acceptors (Lipinski definition) is 3. The number of carboxylic acid groups (broad SMARTS) is 1. The summed E-state index contributed by atoms with van der Waals surface area (Å²) in [6, 6.07) is 0. The molecular formula is C14H23N3O2. The smallest absolute Gasteiger partial charge is 0.306 e. The second-order valence-electron chi connectivity index (χ2n) is 5.49. The second kappa shape index (κ2) is 6.17. The van der Waals surface area contributed by atoms with Crippen LogP contribution in [-0.2, 0) is 17.8 Å². The number of carboxylic acids is 1. The molecule has 3 atom stereocenters. The van der Waals surface area contributed by atoms with Crippen molar-refractivity contribution in [3.05, 3.63) is 12.2 Å². The number of carbonyl (C=O) groups is 1. The first-order chi connectivity index (χ1) is 9.15. The van der Waals surface area contributed by atoms with Gasteiger partial charge in [-0.2, -0.15) is 5.10 Å². The Morgan fingerprint density at radius 1 is 1.47 bits per heavy atom. The number of aliphatic carboxylic acids is 1. The van der Waals surface area contributed by atoms with Gasteiger partial charge in [0.25, 0.3) is 0 Å². The van der Waals surface area contributed by atoms with Crippen molar-refractivity contribution in [2.45, 2.75) is 52.5 Å². The predicted octanol–water partition coefficient (Wildman–Crippen LogP) is 2.37. The summed E-state index contributed by atoms with van der Waals surface area (Å²) in [7, 11) is 0. The van der Waals surface area contributed by atoms with E-state index in [1.165, 1.54) is 0 Å². The molecule has 0 radical (unpaired) electrons. The minimum atomic E-state index is -0.651. The quantitative estimate of drug-likeness (QED) is 0.887. The lowest BCUT2D eigenvalue weighted by Crippen LogP contribution is -2.32. The van der Waals surface area contributed by atoms with E-state index in [-0.39, 0.29) is 11.8 Å². The molecule has 1 aliphatic carbocycles. The second-order valence-corrected chi connectivity index (χ2v) is 5.49. The van der Waals surface area contributed by atoms with Crippen molar-refractivity contribution in [3.63, 3.8) is 0 Å². The highest BCUT2D eigenvalue weighted by molar-refractivity contribution is 5.70. The normalized spacial score (nSPS) is 27.4. The Labute approximate surface area is 114 Å². The van der Waals surface area contributed by atoms with Crippen molar-refractivity contribution in [1.82, 2.24) is 14.8 Å². The van der Waals surface area contributed by atoms with Gasteiger partial charge < -0.3 is 5.11 Å². The molecular weight excluding hydrogens is 242 g/mol. The molecule has 0 aliphatic heterocycles. The summed E-state index contributed by atoms with van der Waals surface area (Å²) in [5, 5.41) is 13.5. The maximum Gasteiger partial charge on any atom is 0.306 e. The molecule has 1 N–H and O–H groups in total. The van der Waals surface area contributed by atoms with Gasteiger partial charge in [0.15, 0.2) is 0 Å². The van der Waals surface area contributed by atoms with Crippen LogP contribution in [0.2, 0.25) is 0 Å². The lowest BCUT2D eigenvalue weighted by Gasteiger charge is -2.33. The zero-order valence-corrected chi connectivity index (χ0v) is 11.7. The van der Waals surface area contributed by atoms with Gasteiger partial charge in [-0.05, 0) is 38.0 Å². The number of nitrogens with zero attached hydrogens (tertiary/aromatic N) is 3. The highest BCUT2D eigenvalue weighted by Gasteiger charge is 2.35. The highest BCUT2D eigenvalue weighted by Crippen LogP contribution is 2.37. The summed E-state index contributed by atoms with van der Waals surface area (Å²) < 4.78 is 1.87. The Morgan fingerprint density at radius 2 is 2.26 bits per heavy atom. The lowest BCUT2D eigenvalue weighted by molar-refractivity contribution is -0.145. The van der Waals surface area contributed by atoms with Gasteiger partial charge in [-0.25, -0.2) is 4.98 Å². The number of aromatic nitrogens is 3. The molecule has 19 heavy (non-hydrogen) atoms. The van der Waals surface area contributed by atoms with Crippen LogP contribution in [0.3, 0.4) is 0 Å². The van der Waals surface area contributed by atoms with E-state index < -0.39 is 5.97 Å². The van der Waals surface area contributed by atoms with Gasteiger partial charge in [-0.15, -0.1) is 0 Å². The first-order valence-corrected chi connectivity index (χ1v) is 7.25. The van der Waals surface area contributed by atoms with Gasteiger partial charge in [0.05, 0.1) is 5.92 Å². The van der Waals surface area contributed by atoms with Crippen molar-refractivity contribution < 1.29 is 9.90 Å². The van der Waals surface area contributed by atoms with Gasteiger partial charge in [0.1, 0.15) is 12.2 Å². The molecule has 1 saturated carbocycles. The number of rotatable bonds is 5. The monoisotopic (exact) mass is 265 g/mol. The summed E-state index contributed by atoms with van der Waals surface area (Å²) in [6.07, 6.45) is 6.30. The summed E-state index contributed by atoms with van der Waals surface area (Å²) >= 11 is 0. The lowest BCUT2D eigenvalue weighted by atomic mass is 9.72. The fourth-order valence-corrected chi connectivity index (χ4v) is 3.23. The Morgan fingerprint density at radius 3 is 2.89 bits per heavy atom. The van der Waals surface area contributed by atoms with Crippen molar-refractivity contribution in [1.29, 1.82) is 0 Å². The third-order valence-electron chi connectivity index (χ3n) is 4.43. The molecule has 1 aromatic heterocycles. The third kappa shape index (κ3) is 3.14. The molecule has 5 heteroatoms. The Bertz CT molecular complexity index is 430. The van der Waals surface area contributed by atoms with Crippen LogP contribution >= 0.6 is 0 Å². The number of hydrogen-bond donors (Lipinski definition) is 1. The minimum absolute atomic E-state index is 0.200. The molecule has 1 aliphatic rings. The van der Waals surface area contributed by atoms with E-state index in [1.54, 1.807) is 6.33 Å². The van der Waals surface area contributed by atoms with Crippen molar-refractivity contribution in [2.75, 3.05) is 0 Å². The largest absolute Gasteiger partial charge is 0.481 e. The van der Waals surface area contributed by atoms with Crippen LogP contribution in [0, 0.1) is 17.8 Å². The SMILES string of the molecule is CCC1CCC(C(=O)O)C(Cc2ncnn2CC)C1. The first kappa shape index (κ1) is 14.0. The molecule has 0 aromatic carbocycles. The fraction of sp³-hybridized carbons (Fsp3) is 0.786. The van der Waals surface area contributed by atoms with Gasteiger partial charge in [0, 0.05) is 13.0 Å². The molecule has 106 valence electrons. The van der Waals surface area contributed by atoms with Gasteiger partial charge in [0.2, 0.25) is 0 Å². The van der Waals surface area contributed by atoms with Crippen LogP contribution in [0.25, 0.3) is 0 Å². The van der Waals surface area contributed by atoms with Gasteiger partial charge >= 0.3 is 5.97 Å². The molecule has 1 fully saturated rings. The van der Waals surface area contributed by atoms with Crippen LogP contribution < -0.4 is 0 Å². The Kier molecular flexibility index (Phi) is 4.56. The van der Waals surface area contributed by atoms with Crippen molar-refractivity contribution >= 4 is 5.97 Å². The average molecular weight is 265 g/mol. The molecule has 0 bridgehead atoms. The van der Waals surface area contributed by atoms with Crippen LogP contribution in [0.15, 0.2) is 6.33 Å². The maximum atomic E-state index is 11.4. The fourth-order valence-electron chi connectivity index (χ4n) is 3.23. The van der Waals surface area contributed by atoms with E-state index >= 15 is 0 Å². The molecule has 0 spiro atoms. The van der Waals surface area contributed by atoms with Crippen LogP contribution in [0.5, 0.6) is 0 Å². The van der Waals surface area contributed by atoms with Crippen LogP contribution in [0.4, 0.5) is 0 Å². The Hall–Kier alpha value is -1.39. The molecule has 1 aromatic rings. The highest BCUT2D eigenvalue weighted by atomic mass is 16.4.